The van der Waals surface area contributed by atoms with Gasteiger partial charge in [-0.1, -0.05) is 79.4 Å². The van der Waals surface area contributed by atoms with Crippen LogP contribution < -0.4 is 0 Å². The van der Waals surface area contributed by atoms with E-state index in [1.807, 2.05) is 0 Å². The molecule has 0 aromatic heterocycles. The highest BCUT2D eigenvalue weighted by molar-refractivity contribution is 5.83. The highest BCUT2D eigenvalue weighted by Gasteiger charge is 2.69. The molecule has 2 aromatic carbocycles. The summed E-state index contributed by atoms with van der Waals surface area (Å²) in [5.74, 6) is -3.42. The zero-order valence-electron chi connectivity index (χ0n) is 25.7. The summed E-state index contributed by atoms with van der Waals surface area (Å²) < 4.78 is 118. The zero-order chi connectivity index (χ0) is 34.8. The quantitative estimate of drug-likeness (QED) is 0.0971. The molecule has 2 aliphatic rings. The Morgan fingerprint density at radius 1 is 0.851 bits per heavy atom. The van der Waals surface area contributed by atoms with E-state index >= 15 is 0 Å². The first-order valence-corrected chi connectivity index (χ1v) is 14.4. The highest BCUT2D eigenvalue weighted by Crippen LogP contribution is 2.52. The van der Waals surface area contributed by atoms with E-state index in [9.17, 15) is 35.9 Å². The maximum atomic E-state index is 14.4. The minimum absolute atomic E-state index is 0.0777. The van der Waals surface area contributed by atoms with Crippen molar-refractivity contribution in [2.45, 2.75) is 79.4 Å². The van der Waals surface area contributed by atoms with Gasteiger partial charge >= 0.3 is 24.3 Å². The number of benzene rings is 2. The number of carbonyl (C=O) groups excluding carboxylic acids is 2. The molecule has 0 N–H and O–H groups in total. The van der Waals surface area contributed by atoms with Crippen LogP contribution in [0.5, 0.6) is 0 Å². The largest absolute Gasteiger partial charge is 0.457 e. The van der Waals surface area contributed by atoms with E-state index in [1.54, 1.807) is 6.92 Å². The third-order valence-corrected chi connectivity index (χ3v) is 8.30. The summed E-state index contributed by atoms with van der Waals surface area (Å²) in [6.45, 7) is 8.75. The van der Waals surface area contributed by atoms with Crippen molar-refractivity contribution >= 4 is 11.9 Å². The molecule has 0 radical (unpaired) electrons. The summed E-state index contributed by atoms with van der Waals surface area (Å²) >= 11 is 0. The van der Waals surface area contributed by atoms with Gasteiger partial charge in [-0.3, -0.25) is 0 Å². The summed E-state index contributed by atoms with van der Waals surface area (Å²) in [5, 5.41) is 0. The molecule has 2 aliphatic heterocycles. The fraction of sp³-hybridized carbons (Fsp3) is 0.455. The molecule has 0 aliphatic carbocycles. The lowest BCUT2D eigenvalue weighted by Crippen LogP contribution is -2.53. The lowest BCUT2D eigenvalue weighted by Gasteiger charge is -2.33. The summed E-state index contributed by atoms with van der Waals surface area (Å²) in [7, 11) is 1.49. The van der Waals surface area contributed by atoms with Crippen LogP contribution in [0, 0.1) is 0 Å². The Hall–Kier alpha value is -3.72. The first kappa shape index (κ1) is 36.1. The first-order valence-electron chi connectivity index (χ1n) is 14.4. The molecule has 2 saturated heterocycles. The number of rotatable bonds is 15. The smallest absolute Gasteiger partial charge is 0.432 e. The fourth-order valence-electron chi connectivity index (χ4n) is 5.71. The van der Waals surface area contributed by atoms with Gasteiger partial charge in [-0.05, 0) is 6.92 Å². The van der Waals surface area contributed by atoms with Crippen LogP contribution >= 0.6 is 0 Å². The van der Waals surface area contributed by atoms with Gasteiger partial charge in [-0.15, -0.1) is 6.58 Å². The monoisotopic (exact) mass is 672 g/mol. The molecule has 4 rings (SSSR count). The van der Waals surface area contributed by atoms with Crippen LogP contribution in [0.3, 0.4) is 0 Å². The Morgan fingerprint density at radius 3 is 1.72 bits per heavy atom. The Kier molecular flexibility index (Phi) is 10.3. The lowest BCUT2D eigenvalue weighted by molar-refractivity contribution is -0.279. The van der Waals surface area contributed by atoms with Crippen molar-refractivity contribution in [1.29, 1.82) is 0 Å². The van der Waals surface area contributed by atoms with E-state index in [-0.39, 0.29) is 12.8 Å². The van der Waals surface area contributed by atoms with Gasteiger partial charge in [-0.2, -0.15) is 26.3 Å². The molecule has 4 unspecified atom stereocenters. The van der Waals surface area contributed by atoms with Gasteiger partial charge in [0.2, 0.25) is 0 Å². The van der Waals surface area contributed by atoms with E-state index in [2.05, 4.69) is 13.2 Å². The standard InChI is InChI=1S/C33H34F6O8/c1-6-14-23(45-28(41)31(43-5,33(37,38)39)21-17-12-9-13-18-21)24-25(46-24)26-29(3,47-26)19-22(7-2)44-27(40)30(42-4,32(34,35)36)20-15-10-8-11-16-20/h6-13,15-18,22-26H,1-2,14,19H2,3-5H3/t22-,23+,24?,25?,26?,29?,30-,31-/m1/s1. The Bertz CT molecular complexity index is 1430. The van der Waals surface area contributed by atoms with Crippen molar-refractivity contribution in [1.82, 2.24) is 0 Å². The minimum atomic E-state index is -5.19. The van der Waals surface area contributed by atoms with E-state index in [0.717, 1.165) is 44.6 Å². The van der Waals surface area contributed by atoms with Crippen LogP contribution in [0.2, 0.25) is 0 Å². The molecule has 2 heterocycles. The van der Waals surface area contributed by atoms with Crippen LogP contribution in [0.1, 0.15) is 30.9 Å². The van der Waals surface area contributed by atoms with Crippen molar-refractivity contribution in [3.05, 3.63) is 97.1 Å². The zero-order valence-corrected chi connectivity index (χ0v) is 25.7. The van der Waals surface area contributed by atoms with Crippen molar-refractivity contribution in [2.24, 2.45) is 0 Å². The average Bonchev–Trinajstić information content (AvgIpc) is 3.93. The summed E-state index contributed by atoms with van der Waals surface area (Å²) in [6.07, 6.45) is -13.0. The van der Waals surface area contributed by atoms with E-state index in [0.29, 0.717) is 0 Å². The molecule has 0 amide bonds. The number of alkyl halides is 6. The molecular formula is C33H34F6O8. The number of ether oxygens (including phenoxy) is 6. The molecule has 0 bridgehead atoms. The second-order valence-electron chi connectivity index (χ2n) is 11.3. The topological polar surface area (TPSA) is 96.1 Å². The molecule has 256 valence electrons. The Balaban J connectivity index is 1.46. The SMILES string of the molecule is C=CC[C@H](OC(=O)[C@](OC)(c1ccccc1)C(F)(F)F)C1OC1C1OC1(C)C[C@@H](C=C)OC(=O)[C@](OC)(c1ccccc1)C(F)(F)F. The number of hydrogen-bond acceptors (Lipinski definition) is 8. The normalized spacial score (nSPS) is 26.1. The van der Waals surface area contributed by atoms with Crippen molar-refractivity contribution in [3.63, 3.8) is 0 Å². The fourth-order valence-corrected chi connectivity index (χ4v) is 5.71. The van der Waals surface area contributed by atoms with Crippen molar-refractivity contribution in [2.75, 3.05) is 14.2 Å². The second-order valence-corrected chi connectivity index (χ2v) is 11.3. The number of halogens is 6. The maximum Gasteiger partial charge on any atom is 0.432 e. The van der Waals surface area contributed by atoms with Gasteiger partial charge in [0.15, 0.2) is 0 Å². The molecule has 0 spiro atoms. The number of hydrogen-bond donors (Lipinski definition) is 0. The molecule has 0 saturated carbocycles. The number of esters is 2. The highest BCUT2D eigenvalue weighted by atomic mass is 19.4. The lowest BCUT2D eigenvalue weighted by atomic mass is 9.92. The second kappa shape index (κ2) is 13.4. The van der Waals surface area contributed by atoms with Gasteiger partial charge in [0, 0.05) is 38.2 Å². The number of epoxide rings is 2. The van der Waals surface area contributed by atoms with Crippen LogP contribution in [-0.4, -0.2) is 74.6 Å². The van der Waals surface area contributed by atoms with E-state index in [1.165, 1.54) is 42.5 Å². The number of carbonyl (C=O) groups is 2. The average molecular weight is 673 g/mol. The number of methoxy groups -OCH3 is 2. The molecule has 2 fully saturated rings. The van der Waals surface area contributed by atoms with Gasteiger partial charge in [0.05, 0.1) is 5.60 Å². The molecular weight excluding hydrogens is 638 g/mol. The molecule has 8 nitrogen and oxygen atoms in total. The van der Waals surface area contributed by atoms with E-state index in [4.69, 9.17) is 28.4 Å². The predicted molar refractivity (Wildman–Crippen MR) is 154 cm³/mol. The summed E-state index contributed by atoms with van der Waals surface area (Å²) in [5.41, 5.74) is -8.91. The molecule has 14 heteroatoms. The van der Waals surface area contributed by atoms with Crippen LogP contribution in [-0.2, 0) is 49.2 Å². The summed E-state index contributed by atoms with van der Waals surface area (Å²) in [6, 6.07) is 12.6. The molecule has 47 heavy (non-hydrogen) atoms. The van der Waals surface area contributed by atoms with Gasteiger partial charge in [0.25, 0.3) is 11.2 Å². The van der Waals surface area contributed by atoms with E-state index < -0.39 is 82.7 Å². The summed E-state index contributed by atoms with van der Waals surface area (Å²) in [4.78, 5) is 26.3. The van der Waals surface area contributed by atoms with Crippen LogP contribution in [0.15, 0.2) is 86.0 Å². The van der Waals surface area contributed by atoms with Gasteiger partial charge in [0.1, 0.15) is 30.5 Å². The predicted octanol–water partition coefficient (Wildman–Crippen LogP) is 6.10. The molecule has 2 aromatic rings. The maximum absolute atomic E-state index is 14.4. The van der Waals surface area contributed by atoms with Gasteiger partial charge < -0.3 is 28.4 Å². The Labute approximate surface area is 267 Å². The first-order chi connectivity index (χ1) is 22.1. The van der Waals surface area contributed by atoms with Crippen molar-refractivity contribution < 1.29 is 64.4 Å². The van der Waals surface area contributed by atoms with Crippen molar-refractivity contribution in [3.8, 4) is 0 Å². The van der Waals surface area contributed by atoms with Gasteiger partial charge in [-0.25, -0.2) is 9.59 Å². The third kappa shape index (κ3) is 6.69. The molecule has 8 atom stereocenters. The minimum Gasteiger partial charge on any atom is -0.457 e. The van der Waals surface area contributed by atoms with Crippen LogP contribution in [0.25, 0.3) is 0 Å². The third-order valence-electron chi connectivity index (χ3n) is 8.30. The Morgan fingerprint density at radius 2 is 1.32 bits per heavy atom. The van der Waals surface area contributed by atoms with Crippen LogP contribution in [0.4, 0.5) is 26.3 Å².